The van der Waals surface area contributed by atoms with Crippen LogP contribution in [-0.2, 0) is 19.6 Å². The molecule has 10 heteroatoms. The Balaban J connectivity index is 1.76. The van der Waals surface area contributed by atoms with E-state index >= 15 is 0 Å². The fourth-order valence-electron chi connectivity index (χ4n) is 4.08. The van der Waals surface area contributed by atoms with Crippen molar-refractivity contribution in [3.05, 3.63) is 89.5 Å². The second-order valence-corrected chi connectivity index (χ2v) is 10.2. The molecule has 0 radical (unpaired) electrons. The molecular weight excluding hydrogens is 492 g/mol. The molecule has 9 nitrogen and oxygen atoms in total. The number of carbonyl (C=O) groups is 2. The molecule has 188 valence electrons. The fourth-order valence-corrected chi connectivity index (χ4v) is 4.87. The number of sulfonamides is 1. The topological polar surface area (TPSA) is 129 Å². The first-order valence-corrected chi connectivity index (χ1v) is 13.3. The summed E-state index contributed by atoms with van der Waals surface area (Å²) in [6.45, 7) is 1.65. The van der Waals surface area contributed by atoms with Crippen molar-refractivity contribution >= 4 is 44.7 Å². The summed E-state index contributed by atoms with van der Waals surface area (Å²) in [4.78, 5) is 30.1. The van der Waals surface area contributed by atoms with Crippen molar-refractivity contribution in [2.24, 2.45) is 4.99 Å². The lowest BCUT2D eigenvalue weighted by Gasteiger charge is -2.19. The number of aliphatic imine (C=N–C) groups is 1. The number of amides is 1. The summed E-state index contributed by atoms with van der Waals surface area (Å²) in [5.41, 5.74) is 3.58. The third-order valence-corrected chi connectivity index (χ3v) is 6.88. The Morgan fingerprint density at radius 3 is 2.41 bits per heavy atom. The standard InChI is InChI=1S/C27H24N4O5S/c1-3-36-27(33)19-9-14-22-23(17-19)30-26(32)24(22)25(18-7-5-4-6-8-18)29-20-10-12-21(13-11-20)31(16-15-28)37(2,34)35/h4-14,17,24H,3,16H2,1-2H3,(H,30,32). The summed E-state index contributed by atoms with van der Waals surface area (Å²) in [5, 5.41) is 11.9. The molecule has 4 rings (SSSR count). The van der Waals surface area contributed by atoms with E-state index in [1.165, 1.54) is 0 Å². The van der Waals surface area contributed by atoms with Crippen LogP contribution in [0, 0.1) is 11.3 Å². The molecule has 1 aliphatic heterocycles. The summed E-state index contributed by atoms with van der Waals surface area (Å²) in [7, 11) is -3.64. The van der Waals surface area contributed by atoms with Gasteiger partial charge in [-0.2, -0.15) is 5.26 Å². The molecule has 1 heterocycles. The molecule has 3 aromatic carbocycles. The van der Waals surface area contributed by atoms with Crippen LogP contribution in [0.2, 0.25) is 0 Å². The van der Waals surface area contributed by atoms with Crippen LogP contribution in [0.3, 0.4) is 0 Å². The van der Waals surface area contributed by atoms with Gasteiger partial charge in [-0.3, -0.25) is 14.1 Å². The number of hydrogen-bond acceptors (Lipinski definition) is 7. The minimum atomic E-state index is -3.64. The summed E-state index contributed by atoms with van der Waals surface area (Å²) in [6, 6.07) is 22.4. The lowest BCUT2D eigenvalue weighted by atomic mass is 9.90. The number of rotatable bonds is 8. The average Bonchev–Trinajstić information content (AvgIpc) is 3.21. The number of hydrogen-bond donors (Lipinski definition) is 1. The number of nitrogens with zero attached hydrogens (tertiary/aromatic N) is 3. The van der Waals surface area contributed by atoms with Crippen molar-refractivity contribution in [1.29, 1.82) is 5.26 Å². The van der Waals surface area contributed by atoms with Crippen molar-refractivity contribution in [1.82, 2.24) is 0 Å². The molecule has 0 aliphatic carbocycles. The van der Waals surface area contributed by atoms with Crippen molar-refractivity contribution in [2.75, 3.05) is 29.0 Å². The molecule has 0 aromatic heterocycles. The van der Waals surface area contributed by atoms with Crippen molar-refractivity contribution in [3.63, 3.8) is 0 Å². The van der Waals surface area contributed by atoms with Gasteiger partial charge in [0.2, 0.25) is 15.9 Å². The number of esters is 1. The van der Waals surface area contributed by atoms with Gasteiger partial charge in [-0.05, 0) is 54.4 Å². The number of carbonyl (C=O) groups excluding carboxylic acids is 2. The van der Waals surface area contributed by atoms with E-state index < -0.39 is 21.9 Å². The van der Waals surface area contributed by atoms with Crippen LogP contribution in [0.25, 0.3) is 0 Å². The lowest BCUT2D eigenvalue weighted by molar-refractivity contribution is -0.115. The van der Waals surface area contributed by atoms with E-state index in [1.807, 2.05) is 36.4 Å². The third-order valence-electron chi connectivity index (χ3n) is 5.74. The minimum Gasteiger partial charge on any atom is -0.462 e. The Labute approximate surface area is 215 Å². The number of anilines is 2. The normalized spacial score (nSPS) is 14.9. The van der Waals surface area contributed by atoms with E-state index in [0.29, 0.717) is 33.9 Å². The highest BCUT2D eigenvalue weighted by atomic mass is 32.2. The molecule has 0 saturated carbocycles. The molecule has 1 N–H and O–H groups in total. The highest BCUT2D eigenvalue weighted by Crippen LogP contribution is 2.37. The number of fused-ring (bicyclic) bond motifs is 1. The van der Waals surface area contributed by atoms with Gasteiger partial charge in [0, 0.05) is 5.69 Å². The third kappa shape index (κ3) is 5.52. The quantitative estimate of drug-likeness (QED) is 0.274. The zero-order valence-electron chi connectivity index (χ0n) is 20.2. The van der Waals surface area contributed by atoms with Crippen LogP contribution in [-0.4, -0.2) is 45.4 Å². The van der Waals surface area contributed by atoms with E-state index in [-0.39, 0.29) is 19.1 Å². The molecule has 1 amide bonds. The SMILES string of the molecule is CCOC(=O)c1ccc2c(c1)NC(=O)C2C(=Nc1ccc(N(CC#N)S(C)(=O)=O)cc1)c1ccccc1. The van der Waals surface area contributed by atoms with Crippen LogP contribution in [0.4, 0.5) is 17.1 Å². The zero-order chi connectivity index (χ0) is 26.6. The minimum absolute atomic E-state index is 0.243. The molecule has 3 aromatic rings. The lowest BCUT2D eigenvalue weighted by Crippen LogP contribution is -2.30. The van der Waals surface area contributed by atoms with Crippen LogP contribution >= 0.6 is 0 Å². The van der Waals surface area contributed by atoms with Gasteiger partial charge >= 0.3 is 5.97 Å². The van der Waals surface area contributed by atoms with E-state index in [1.54, 1.807) is 49.4 Å². The summed E-state index contributed by atoms with van der Waals surface area (Å²) < 4.78 is 30.2. The van der Waals surface area contributed by atoms with E-state index in [0.717, 1.165) is 16.1 Å². The van der Waals surface area contributed by atoms with Gasteiger partial charge in [0.1, 0.15) is 12.5 Å². The molecule has 0 fully saturated rings. The van der Waals surface area contributed by atoms with E-state index in [9.17, 15) is 18.0 Å². The maximum atomic E-state index is 13.2. The van der Waals surface area contributed by atoms with Crippen LogP contribution in [0.1, 0.15) is 34.3 Å². The summed E-state index contributed by atoms with van der Waals surface area (Å²) >= 11 is 0. The first-order chi connectivity index (χ1) is 17.7. The van der Waals surface area contributed by atoms with Gasteiger partial charge in [-0.1, -0.05) is 36.4 Å². The van der Waals surface area contributed by atoms with Crippen molar-refractivity contribution < 1.29 is 22.7 Å². The first-order valence-electron chi connectivity index (χ1n) is 11.4. The number of ether oxygens (including phenoxy) is 1. The first kappa shape index (κ1) is 25.6. The second-order valence-electron chi connectivity index (χ2n) is 8.25. The van der Waals surface area contributed by atoms with Crippen molar-refractivity contribution in [2.45, 2.75) is 12.8 Å². The maximum Gasteiger partial charge on any atom is 0.338 e. The van der Waals surface area contributed by atoms with Crippen LogP contribution < -0.4 is 9.62 Å². The predicted octanol–water partition coefficient (Wildman–Crippen LogP) is 4.01. The van der Waals surface area contributed by atoms with E-state index in [4.69, 9.17) is 15.0 Å². The number of nitriles is 1. The smallest absolute Gasteiger partial charge is 0.338 e. The van der Waals surface area contributed by atoms with Gasteiger partial charge in [0.05, 0.1) is 41.6 Å². The Bertz CT molecular complexity index is 1510. The molecule has 1 atom stereocenters. The number of benzene rings is 3. The molecule has 0 spiro atoms. The second kappa shape index (κ2) is 10.6. The molecule has 0 saturated heterocycles. The van der Waals surface area contributed by atoms with Gasteiger partial charge in [0.25, 0.3) is 0 Å². The zero-order valence-corrected chi connectivity index (χ0v) is 21.0. The Morgan fingerprint density at radius 2 is 1.78 bits per heavy atom. The van der Waals surface area contributed by atoms with Crippen LogP contribution in [0.15, 0.2) is 77.8 Å². The fraction of sp³-hybridized carbons (Fsp3) is 0.185. The van der Waals surface area contributed by atoms with Gasteiger partial charge in [0.15, 0.2) is 0 Å². The average molecular weight is 517 g/mol. The van der Waals surface area contributed by atoms with Crippen LogP contribution in [0.5, 0.6) is 0 Å². The molecule has 37 heavy (non-hydrogen) atoms. The Hall–Kier alpha value is -4.49. The van der Waals surface area contributed by atoms with Gasteiger partial charge < -0.3 is 10.1 Å². The summed E-state index contributed by atoms with van der Waals surface area (Å²) in [6.07, 6.45) is 1.04. The molecular formula is C27H24N4O5S. The highest BCUT2D eigenvalue weighted by Gasteiger charge is 2.36. The van der Waals surface area contributed by atoms with Crippen molar-refractivity contribution in [3.8, 4) is 6.07 Å². The van der Waals surface area contributed by atoms with Gasteiger partial charge in [-0.15, -0.1) is 0 Å². The monoisotopic (exact) mass is 516 g/mol. The largest absolute Gasteiger partial charge is 0.462 e. The molecule has 1 aliphatic rings. The Kier molecular flexibility index (Phi) is 7.36. The Morgan fingerprint density at radius 1 is 1.08 bits per heavy atom. The summed E-state index contributed by atoms with van der Waals surface area (Å²) in [5.74, 6) is -1.49. The van der Waals surface area contributed by atoms with E-state index in [2.05, 4.69) is 5.32 Å². The molecule has 0 bridgehead atoms. The highest BCUT2D eigenvalue weighted by molar-refractivity contribution is 7.92. The molecule has 1 unspecified atom stereocenters. The maximum absolute atomic E-state index is 13.2. The van der Waals surface area contributed by atoms with Gasteiger partial charge in [-0.25, -0.2) is 13.2 Å². The number of nitrogens with one attached hydrogen (secondary N) is 1. The predicted molar refractivity (Wildman–Crippen MR) is 141 cm³/mol.